The largest absolute Gasteiger partial charge is 0.491 e. The molecule has 0 unspecified atom stereocenters. The Hall–Kier alpha value is -3.88. The van der Waals surface area contributed by atoms with Gasteiger partial charge in [-0.2, -0.15) is 5.10 Å². The highest BCUT2D eigenvalue weighted by atomic mass is 16.5. The van der Waals surface area contributed by atoms with Crippen LogP contribution in [0.3, 0.4) is 0 Å². The molecule has 1 aliphatic heterocycles. The van der Waals surface area contributed by atoms with Crippen LogP contribution in [0.15, 0.2) is 48.8 Å². The lowest BCUT2D eigenvalue weighted by Crippen LogP contribution is -2.42. The number of aryl methyl sites for hydroxylation is 1. The molecule has 1 fully saturated rings. The summed E-state index contributed by atoms with van der Waals surface area (Å²) in [7, 11) is 1.78. The normalized spacial score (nSPS) is 13.7. The third-order valence-electron chi connectivity index (χ3n) is 5.34. The molecule has 4 rings (SSSR count). The van der Waals surface area contributed by atoms with E-state index >= 15 is 0 Å². The molecule has 0 saturated carbocycles. The van der Waals surface area contributed by atoms with Gasteiger partial charge < -0.3 is 19.7 Å². The molecule has 0 bridgehead atoms. The number of hydrogen-bond acceptors (Lipinski definition) is 6. The lowest BCUT2D eigenvalue weighted by Gasteiger charge is -2.30. The van der Waals surface area contributed by atoms with Crippen molar-refractivity contribution < 1.29 is 19.1 Å². The maximum absolute atomic E-state index is 12.8. The number of hydrogen-bond donors (Lipinski definition) is 1. The van der Waals surface area contributed by atoms with Crippen LogP contribution in [0.4, 0.5) is 5.82 Å². The minimum Gasteiger partial charge on any atom is -0.491 e. The number of anilines is 1. The molecule has 2 aromatic heterocycles. The highest BCUT2D eigenvalue weighted by molar-refractivity contribution is 6.04. The van der Waals surface area contributed by atoms with E-state index in [9.17, 15) is 9.59 Å². The molecule has 1 aliphatic rings. The summed E-state index contributed by atoms with van der Waals surface area (Å²) in [4.78, 5) is 31.1. The van der Waals surface area contributed by atoms with Crippen molar-refractivity contribution in [1.29, 1.82) is 0 Å². The van der Waals surface area contributed by atoms with Gasteiger partial charge in [0, 0.05) is 44.0 Å². The van der Waals surface area contributed by atoms with E-state index in [1.54, 1.807) is 59.2 Å². The van der Waals surface area contributed by atoms with Gasteiger partial charge in [-0.3, -0.25) is 14.3 Å². The first-order valence-electron chi connectivity index (χ1n) is 11.0. The average Bonchev–Trinajstić information content (AvgIpc) is 3.17. The summed E-state index contributed by atoms with van der Waals surface area (Å²) >= 11 is 0. The topological polar surface area (TPSA) is 98.6 Å². The smallest absolute Gasteiger partial charge is 0.272 e. The SMILES string of the molecule is CC[C@H](C)Oc1cc(Oc2ccc(C(=O)N3CCC3)nc2)cc(C(=O)Nc2ccn(C)n2)c1. The standard InChI is InChI=1S/C24H27N5O4/c1-4-16(2)32-19-12-17(23(30)26-22-8-11-28(3)27-22)13-20(14-19)33-18-6-7-21(25-15-18)24(31)29-9-5-10-29/h6-8,11-16H,4-5,9-10H2,1-3H3,(H,26,27,30)/t16-/m0/s1. The van der Waals surface area contributed by atoms with Crippen LogP contribution in [0, 0.1) is 0 Å². The molecule has 9 nitrogen and oxygen atoms in total. The van der Waals surface area contributed by atoms with E-state index in [4.69, 9.17) is 9.47 Å². The fraction of sp³-hybridized carbons (Fsp3) is 0.333. The molecule has 33 heavy (non-hydrogen) atoms. The Kier molecular flexibility index (Phi) is 6.58. The van der Waals surface area contributed by atoms with Gasteiger partial charge in [-0.1, -0.05) is 6.92 Å². The number of likely N-dealkylation sites (tertiary alicyclic amines) is 1. The number of nitrogens with zero attached hydrogens (tertiary/aromatic N) is 4. The minimum atomic E-state index is -0.332. The molecule has 0 aliphatic carbocycles. The summed E-state index contributed by atoms with van der Waals surface area (Å²) in [5.74, 6) is 1.43. The summed E-state index contributed by atoms with van der Waals surface area (Å²) < 4.78 is 13.5. The molecule has 172 valence electrons. The number of ether oxygens (including phenoxy) is 2. The maximum atomic E-state index is 12.8. The Labute approximate surface area is 192 Å². The first kappa shape index (κ1) is 22.3. The van der Waals surface area contributed by atoms with Crippen molar-refractivity contribution in [2.45, 2.75) is 32.8 Å². The van der Waals surface area contributed by atoms with Crippen LogP contribution >= 0.6 is 0 Å². The van der Waals surface area contributed by atoms with Crippen molar-refractivity contribution in [2.24, 2.45) is 7.05 Å². The average molecular weight is 450 g/mol. The fourth-order valence-corrected chi connectivity index (χ4v) is 3.20. The van der Waals surface area contributed by atoms with Gasteiger partial charge >= 0.3 is 0 Å². The highest BCUT2D eigenvalue weighted by Crippen LogP contribution is 2.29. The van der Waals surface area contributed by atoms with E-state index < -0.39 is 0 Å². The molecule has 3 aromatic rings. The van der Waals surface area contributed by atoms with E-state index in [2.05, 4.69) is 15.4 Å². The van der Waals surface area contributed by atoms with Crippen LogP contribution < -0.4 is 14.8 Å². The first-order chi connectivity index (χ1) is 15.9. The zero-order chi connectivity index (χ0) is 23.4. The molecular formula is C24H27N5O4. The predicted molar refractivity (Wildman–Crippen MR) is 123 cm³/mol. The van der Waals surface area contributed by atoms with E-state index in [1.807, 2.05) is 13.8 Å². The molecule has 3 heterocycles. The second kappa shape index (κ2) is 9.72. The van der Waals surface area contributed by atoms with Crippen LogP contribution in [0.5, 0.6) is 17.2 Å². The van der Waals surface area contributed by atoms with Crippen LogP contribution in [0.1, 0.15) is 47.5 Å². The van der Waals surface area contributed by atoms with Gasteiger partial charge in [0.1, 0.15) is 22.9 Å². The summed E-state index contributed by atoms with van der Waals surface area (Å²) in [5.41, 5.74) is 0.750. The number of benzene rings is 1. The van der Waals surface area contributed by atoms with E-state index in [0.29, 0.717) is 34.3 Å². The van der Waals surface area contributed by atoms with Crippen LogP contribution in [0.25, 0.3) is 0 Å². The quantitative estimate of drug-likeness (QED) is 0.560. The van der Waals surface area contributed by atoms with Gasteiger partial charge in [-0.15, -0.1) is 0 Å². The summed E-state index contributed by atoms with van der Waals surface area (Å²) in [6.07, 6.45) is 5.06. The van der Waals surface area contributed by atoms with Gasteiger partial charge in [0.25, 0.3) is 11.8 Å². The molecule has 0 spiro atoms. The molecule has 1 N–H and O–H groups in total. The Morgan fingerprint density at radius 1 is 1.12 bits per heavy atom. The van der Waals surface area contributed by atoms with E-state index in [0.717, 1.165) is 25.9 Å². The second-order valence-electron chi connectivity index (χ2n) is 7.99. The molecule has 1 atom stereocenters. The third-order valence-corrected chi connectivity index (χ3v) is 5.34. The third kappa shape index (κ3) is 5.49. The second-order valence-corrected chi connectivity index (χ2v) is 7.99. The van der Waals surface area contributed by atoms with Crippen LogP contribution in [0.2, 0.25) is 0 Å². The molecule has 1 aromatic carbocycles. The number of rotatable bonds is 8. The Bertz CT molecular complexity index is 1140. The van der Waals surface area contributed by atoms with E-state index in [-0.39, 0.29) is 17.9 Å². The summed E-state index contributed by atoms with van der Waals surface area (Å²) in [5, 5.41) is 6.95. The molecule has 0 radical (unpaired) electrons. The number of nitrogens with one attached hydrogen (secondary N) is 1. The summed E-state index contributed by atoms with van der Waals surface area (Å²) in [6, 6.07) is 10.1. The van der Waals surface area contributed by atoms with Crippen molar-refractivity contribution in [3.63, 3.8) is 0 Å². The number of pyridine rings is 1. The van der Waals surface area contributed by atoms with Crippen molar-refractivity contribution in [3.05, 3.63) is 60.0 Å². The molecule has 1 saturated heterocycles. The Morgan fingerprint density at radius 2 is 1.91 bits per heavy atom. The van der Waals surface area contributed by atoms with Crippen molar-refractivity contribution in [2.75, 3.05) is 18.4 Å². The Morgan fingerprint density at radius 3 is 2.52 bits per heavy atom. The van der Waals surface area contributed by atoms with Gasteiger partial charge in [0.15, 0.2) is 5.82 Å². The molecule has 2 amide bonds. The summed E-state index contributed by atoms with van der Waals surface area (Å²) in [6.45, 7) is 5.52. The van der Waals surface area contributed by atoms with Crippen LogP contribution in [-0.2, 0) is 7.05 Å². The van der Waals surface area contributed by atoms with Gasteiger partial charge in [0.2, 0.25) is 0 Å². The van der Waals surface area contributed by atoms with Gasteiger partial charge in [0.05, 0.1) is 12.3 Å². The number of aromatic nitrogens is 3. The van der Waals surface area contributed by atoms with Crippen molar-refractivity contribution >= 4 is 17.6 Å². The zero-order valence-electron chi connectivity index (χ0n) is 18.9. The number of amides is 2. The Balaban J connectivity index is 1.54. The van der Waals surface area contributed by atoms with Gasteiger partial charge in [-0.05, 0) is 44.0 Å². The number of carbonyl (C=O) groups excluding carboxylic acids is 2. The van der Waals surface area contributed by atoms with Gasteiger partial charge in [-0.25, -0.2) is 4.98 Å². The lowest BCUT2D eigenvalue weighted by molar-refractivity contribution is 0.0645. The highest BCUT2D eigenvalue weighted by Gasteiger charge is 2.22. The van der Waals surface area contributed by atoms with E-state index in [1.165, 1.54) is 6.20 Å². The lowest BCUT2D eigenvalue weighted by atomic mass is 10.1. The van der Waals surface area contributed by atoms with Crippen molar-refractivity contribution in [3.8, 4) is 17.2 Å². The first-order valence-corrected chi connectivity index (χ1v) is 11.0. The van der Waals surface area contributed by atoms with Crippen LogP contribution in [-0.4, -0.2) is 50.7 Å². The zero-order valence-corrected chi connectivity index (χ0v) is 18.9. The maximum Gasteiger partial charge on any atom is 0.272 e. The minimum absolute atomic E-state index is 0.0274. The monoisotopic (exact) mass is 449 g/mol. The molecule has 9 heteroatoms. The van der Waals surface area contributed by atoms with Crippen molar-refractivity contribution in [1.82, 2.24) is 19.7 Å². The molecular weight excluding hydrogens is 422 g/mol. The predicted octanol–water partition coefficient (Wildman–Crippen LogP) is 3.88. The number of carbonyl (C=O) groups is 2. The fourth-order valence-electron chi connectivity index (χ4n) is 3.20.